The molecule has 3 aromatic carbocycles. The number of benzene rings is 3. The van der Waals surface area contributed by atoms with Gasteiger partial charge in [0, 0.05) is 6.42 Å². The molecule has 0 aliphatic rings. The Labute approximate surface area is 303 Å². The van der Waals surface area contributed by atoms with Crippen LogP contribution in [0.4, 0.5) is 5.69 Å². The largest absolute Gasteiger partial charge is 0.457 e. The number of aromatic nitrogens is 3. The fraction of sp³-hybridized carbons (Fsp3) is 0.206. The lowest BCUT2D eigenvalue weighted by atomic mass is 10.1. The highest BCUT2D eigenvalue weighted by Crippen LogP contribution is 2.59. The van der Waals surface area contributed by atoms with Gasteiger partial charge in [-0.05, 0) is 48.9 Å². The molecule has 1 aromatic heterocycles. The molecule has 276 valence electrons. The third-order valence-corrected chi connectivity index (χ3v) is 9.26. The summed E-state index contributed by atoms with van der Waals surface area (Å²) < 4.78 is 27.8. The van der Waals surface area contributed by atoms with Crippen molar-refractivity contribution in [3.8, 4) is 23.8 Å². The van der Waals surface area contributed by atoms with E-state index in [1.54, 1.807) is 60.7 Å². The number of primary amides is 1. The summed E-state index contributed by atoms with van der Waals surface area (Å²) in [5.74, 6) is -2.54. The molecule has 4 aromatic rings. The summed E-state index contributed by atoms with van der Waals surface area (Å²) >= 11 is 0. The zero-order valence-corrected chi connectivity index (χ0v) is 29.1. The Hall–Kier alpha value is -6.70. The molecule has 0 aliphatic carbocycles. The number of amides is 4. The van der Waals surface area contributed by atoms with E-state index in [-0.39, 0.29) is 35.1 Å². The lowest BCUT2D eigenvalue weighted by Gasteiger charge is -2.28. The van der Waals surface area contributed by atoms with E-state index in [9.17, 15) is 28.8 Å². The van der Waals surface area contributed by atoms with Crippen molar-refractivity contribution >= 4 is 42.9 Å². The average Bonchev–Trinajstić information content (AvgIpc) is 3.61. The number of aliphatic hydroxyl groups excluding tert-OH is 1. The maximum absolute atomic E-state index is 14.9. The van der Waals surface area contributed by atoms with Crippen molar-refractivity contribution in [2.45, 2.75) is 37.3 Å². The van der Waals surface area contributed by atoms with Crippen molar-refractivity contribution < 1.29 is 37.9 Å². The van der Waals surface area contributed by atoms with E-state index >= 15 is 0 Å². The van der Waals surface area contributed by atoms with Gasteiger partial charge in [-0.2, -0.15) is 0 Å². The van der Waals surface area contributed by atoms with Gasteiger partial charge in [0.2, 0.25) is 17.7 Å². The second kappa shape index (κ2) is 18.0. The number of aliphatic hydroxyl groups is 1. The number of nitrogens with two attached hydrogens (primary N) is 3. The smallest absolute Gasteiger partial charge is 0.414 e. The van der Waals surface area contributed by atoms with Crippen LogP contribution in [0.15, 0.2) is 96.1 Å². The van der Waals surface area contributed by atoms with Gasteiger partial charge in [0.15, 0.2) is 23.5 Å². The second-order valence-electron chi connectivity index (χ2n) is 11.2. The van der Waals surface area contributed by atoms with E-state index in [1.165, 1.54) is 31.2 Å². The number of carbonyl (C=O) groups excluding carboxylic acids is 4. The number of nitrogens with one attached hydrogen (secondary N) is 3. The van der Waals surface area contributed by atoms with Crippen molar-refractivity contribution in [1.82, 2.24) is 30.9 Å². The highest BCUT2D eigenvalue weighted by molar-refractivity contribution is 7.55. The Balaban J connectivity index is 1.63. The van der Waals surface area contributed by atoms with Gasteiger partial charge in [0.05, 0.1) is 18.5 Å². The molecule has 1 heterocycles. The van der Waals surface area contributed by atoms with E-state index in [1.807, 2.05) is 0 Å². The Bertz CT molecular complexity index is 1970. The maximum atomic E-state index is 14.9. The highest BCUT2D eigenvalue weighted by Gasteiger charge is 2.42. The fourth-order valence-electron chi connectivity index (χ4n) is 4.64. The molecule has 19 heteroatoms. The number of nitrogens with zero attached hydrogens (tertiary/aromatic N) is 4. The van der Waals surface area contributed by atoms with Crippen LogP contribution in [0.2, 0.25) is 0 Å². The molecule has 4 atom stereocenters. The van der Waals surface area contributed by atoms with Gasteiger partial charge < -0.3 is 47.3 Å². The minimum atomic E-state index is -4.45. The van der Waals surface area contributed by atoms with E-state index < -0.39 is 61.7 Å². The fourth-order valence-corrected chi connectivity index (χ4v) is 6.53. The van der Waals surface area contributed by atoms with Crippen molar-refractivity contribution in [1.29, 1.82) is 0 Å². The minimum Gasteiger partial charge on any atom is -0.414 e. The lowest BCUT2D eigenvalue weighted by molar-refractivity contribution is -0.132. The summed E-state index contributed by atoms with van der Waals surface area (Å²) in [5, 5.41) is 25.1. The number of para-hydroxylation sites is 2. The third-order valence-electron chi connectivity index (χ3n) is 7.27. The molecule has 10 N–H and O–H groups in total. The molecule has 0 radical (unpaired) electrons. The number of rotatable bonds is 17. The van der Waals surface area contributed by atoms with E-state index in [0.29, 0.717) is 5.69 Å². The Morgan fingerprint density at radius 3 is 2.00 bits per heavy atom. The van der Waals surface area contributed by atoms with E-state index in [2.05, 4.69) is 37.2 Å². The molecule has 53 heavy (non-hydrogen) atoms. The van der Waals surface area contributed by atoms with Crippen LogP contribution in [0.5, 0.6) is 11.5 Å². The number of hydrogen-bond donors (Lipinski definition) is 7. The van der Waals surface area contributed by atoms with E-state index in [4.69, 9.17) is 32.7 Å². The van der Waals surface area contributed by atoms with Crippen LogP contribution in [0.25, 0.3) is 0 Å². The van der Waals surface area contributed by atoms with Gasteiger partial charge in [-0.25, -0.2) is 14.2 Å². The van der Waals surface area contributed by atoms with Gasteiger partial charge in [-0.3, -0.25) is 19.2 Å². The van der Waals surface area contributed by atoms with Crippen LogP contribution in [-0.4, -0.2) is 68.4 Å². The number of carbonyl (C=O) groups is 4. The normalized spacial score (nSPS) is 13.2. The summed E-state index contributed by atoms with van der Waals surface area (Å²) in [6.07, 6.45) is 6.12. The zero-order chi connectivity index (χ0) is 38.5. The topological polar surface area (TPSA) is 281 Å². The summed E-state index contributed by atoms with van der Waals surface area (Å²) in [6.45, 7) is 0.508. The molecule has 4 rings (SSSR count). The maximum Gasteiger partial charge on any atom is 0.457 e. The molecule has 4 amide bonds. The van der Waals surface area contributed by atoms with Crippen LogP contribution >= 0.6 is 7.60 Å². The SMILES string of the molecule is C#CC[C@@H](NC(=O)[C@@H](C)NC(=O)[C@@H](CO)n1cc(C(=O)NC(c2ccc(N=C(N)N)cc2)P(=O)(Oc2ccccc2)Oc2ccccc2)nn1)C(N)=O. The van der Waals surface area contributed by atoms with E-state index in [0.717, 1.165) is 10.9 Å². The quantitative estimate of drug-likeness (QED) is 0.0345. The summed E-state index contributed by atoms with van der Waals surface area (Å²) in [5.41, 5.74) is 16.6. The number of hydrogen-bond acceptors (Lipinski definition) is 11. The molecular weight excluding hydrogens is 707 g/mol. The Kier molecular flexibility index (Phi) is 13.3. The number of aliphatic imine (C=N–C) groups is 1. The predicted octanol–water partition coefficient (Wildman–Crippen LogP) is 0.994. The van der Waals surface area contributed by atoms with Crippen LogP contribution in [-0.2, 0) is 18.9 Å². The molecule has 1 unspecified atom stereocenters. The van der Waals surface area contributed by atoms with Gasteiger partial charge >= 0.3 is 7.60 Å². The Morgan fingerprint density at radius 2 is 1.49 bits per heavy atom. The molecule has 0 fully saturated rings. The summed E-state index contributed by atoms with van der Waals surface area (Å²) in [7, 11) is -4.45. The average molecular weight is 745 g/mol. The second-order valence-corrected chi connectivity index (χ2v) is 13.2. The molecule has 0 spiro atoms. The van der Waals surface area contributed by atoms with Crippen LogP contribution in [0.1, 0.15) is 41.2 Å². The summed E-state index contributed by atoms with van der Waals surface area (Å²) in [6, 6.07) is 18.6. The molecule has 0 saturated heterocycles. The van der Waals surface area contributed by atoms with Crippen molar-refractivity contribution in [3.63, 3.8) is 0 Å². The molecule has 18 nitrogen and oxygen atoms in total. The molecule has 0 saturated carbocycles. The molecular formula is C34H37N10O8P. The van der Waals surface area contributed by atoms with Crippen LogP contribution in [0.3, 0.4) is 0 Å². The molecule has 0 bridgehead atoms. The summed E-state index contributed by atoms with van der Waals surface area (Å²) in [4.78, 5) is 55.0. The highest BCUT2D eigenvalue weighted by atomic mass is 31.2. The zero-order valence-electron chi connectivity index (χ0n) is 28.2. The van der Waals surface area contributed by atoms with Crippen LogP contribution in [0, 0.1) is 12.3 Å². The lowest BCUT2D eigenvalue weighted by Crippen LogP contribution is -2.52. The van der Waals surface area contributed by atoms with Crippen LogP contribution < -0.4 is 42.2 Å². The number of terminal acetylenes is 1. The standard InChI is InChI=1S/C34H37N10O8P/c1-3-10-26(29(35)46)40-30(47)21(2)38-32(49)28(20-45)44-19-27(42-43-44)31(48)41-33(22-15-17-23(18-16-22)39-34(36)37)53(50,51-24-11-6-4-7-12-24)52-25-13-8-5-9-14-25/h1,4-9,11-19,21,26,28,33,45H,10,20H2,2H3,(H2,35,46)(H,38,49)(H,40,47)(H,41,48)(H4,36,37,39)/t21-,26-,28-,33?/m1/s1. The third kappa shape index (κ3) is 10.7. The number of guanidine groups is 1. The predicted molar refractivity (Wildman–Crippen MR) is 192 cm³/mol. The first-order valence-electron chi connectivity index (χ1n) is 15.8. The van der Waals surface area contributed by atoms with Crippen molar-refractivity contribution in [2.24, 2.45) is 22.2 Å². The van der Waals surface area contributed by atoms with Gasteiger partial charge in [0.1, 0.15) is 23.6 Å². The van der Waals surface area contributed by atoms with Gasteiger partial charge in [-0.15, -0.1) is 17.4 Å². The Morgan fingerprint density at radius 1 is 0.906 bits per heavy atom. The first-order chi connectivity index (χ1) is 25.3. The molecule has 0 aliphatic heterocycles. The van der Waals surface area contributed by atoms with Gasteiger partial charge in [0.25, 0.3) is 5.91 Å². The van der Waals surface area contributed by atoms with Gasteiger partial charge in [-0.1, -0.05) is 53.7 Å². The first-order valence-corrected chi connectivity index (χ1v) is 17.4. The first kappa shape index (κ1) is 39.1. The minimum absolute atomic E-state index is 0.166. The van der Waals surface area contributed by atoms with Crippen molar-refractivity contribution in [3.05, 3.63) is 102 Å². The van der Waals surface area contributed by atoms with Crippen molar-refractivity contribution in [2.75, 3.05) is 6.61 Å². The monoisotopic (exact) mass is 744 g/mol.